The fourth-order valence-corrected chi connectivity index (χ4v) is 5.98. The molecule has 9 nitrogen and oxygen atoms in total. The van der Waals surface area contributed by atoms with E-state index in [0.717, 1.165) is 12.5 Å². The van der Waals surface area contributed by atoms with Gasteiger partial charge in [-0.3, -0.25) is 14.9 Å². The van der Waals surface area contributed by atoms with E-state index in [-0.39, 0.29) is 35.8 Å². The van der Waals surface area contributed by atoms with E-state index in [0.29, 0.717) is 15.4 Å². The summed E-state index contributed by atoms with van der Waals surface area (Å²) in [4.78, 5) is 25.6. The summed E-state index contributed by atoms with van der Waals surface area (Å²) in [7, 11) is -7.22. The van der Waals surface area contributed by atoms with E-state index in [1.807, 2.05) is 0 Å². The van der Waals surface area contributed by atoms with Crippen LogP contribution < -0.4 is 10.6 Å². The summed E-state index contributed by atoms with van der Waals surface area (Å²) in [6.07, 6.45) is -2.79. The second kappa shape index (κ2) is 11.9. The molecule has 3 rings (SSSR count). The highest BCUT2D eigenvalue weighted by atomic mass is 32.2. The number of sulfonamides is 1. The number of nitrogens with one attached hydrogen (secondary N) is 2. The van der Waals surface area contributed by atoms with Gasteiger partial charge in [-0.2, -0.15) is 13.2 Å². The SMILES string of the molecule is CC(C)C[C@H](N[C@@H](c1ccc(-c2ccc(S(C)(=O)=O)cc2)cc1)C(F)(F)F)C(=O)N[C@H]1CCN(S(C)(=O)=O)C1=O. The van der Waals surface area contributed by atoms with Gasteiger partial charge in [-0.1, -0.05) is 50.2 Å². The molecule has 2 N–H and O–H groups in total. The number of carbonyl (C=O) groups is 2. The van der Waals surface area contributed by atoms with E-state index in [1.54, 1.807) is 26.0 Å². The van der Waals surface area contributed by atoms with Gasteiger partial charge in [-0.15, -0.1) is 0 Å². The first kappa shape index (κ1) is 31.6. The Morgan fingerprint density at radius 3 is 1.93 bits per heavy atom. The lowest BCUT2D eigenvalue weighted by molar-refractivity contribution is -0.161. The van der Waals surface area contributed by atoms with Crippen LogP contribution in [0.2, 0.25) is 0 Å². The van der Waals surface area contributed by atoms with Crippen LogP contribution >= 0.6 is 0 Å². The van der Waals surface area contributed by atoms with Crippen molar-refractivity contribution in [2.24, 2.45) is 5.92 Å². The molecule has 3 atom stereocenters. The standard InChI is InChI=1S/C26H32F3N3O6S2/c1-16(2)15-22(24(33)31-21-13-14-32(25(21)34)40(4,37)38)30-23(26(27,28)29)19-7-5-17(6-8-19)18-9-11-20(12-10-18)39(3,35)36/h5-12,16,21-23,30H,13-15H2,1-4H3,(H,31,33)/t21-,22-,23-/m0/s1. The minimum atomic E-state index is -4.77. The number of amides is 2. The molecule has 1 aliphatic rings. The largest absolute Gasteiger partial charge is 0.407 e. The zero-order chi connectivity index (χ0) is 30.0. The highest BCUT2D eigenvalue weighted by Gasteiger charge is 2.44. The Bertz CT molecular complexity index is 1440. The van der Waals surface area contributed by atoms with Gasteiger partial charge >= 0.3 is 6.18 Å². The van der Waals surface area contributed by atoms with Crippen LogP contribution in [0.5, 0.6) is 0 Å². The van der Waals surface area contributed by atoms with Gasteiger partial charge in [-0.25, -0.2) is 21.1 Å². The van der Waals surface area contributed by atoms with Crippen molar-refractivity contribution in [2.75, 3.05) is 19.1 Å². The van der Waals surface area contributed by atoms with Gasteiger partial charge in [0.15, 0.2) is 9.84 Å². The number of carbonyl (C=O) groups excluding carboxylic acids is 2. The lowest BCUT2D eigenvalue weighted by Crippen LogP contribution is -2.53. The molecule has 0 unspecified atom stereocenters. The third-order valence-corrected chi connectivity index (χ3v) is 8.75. The van der Waals surface area contributed by atoms with Crippen LogP contribution in [0.1, 0.15) is 38.3 Å². The van der Waals surface area contributed by atoms with Gasteiger partial charge < -0.3 is 5.32 Å². The molecule has 0 bridgehead atoms. The fraction of sp³-hybridized carbons (Fsp3) is 0.462. The molecular weight excluding hydrogens is 571 g/mol. The highest BCUT2D eigenvalue weighted by Crippen LogP contribution is 2.35. The highest BCUT2D eigenvalue weighted by molar-refractivity contribution is 7.90. The van der Waals surface area contributed by atoms with Crippen molar-refractivity contribution in [3.8, 4) is 11.1 Å². The van der Waals surface area contributed by atoms with Crippen molar-refractivity contribution in [2.45, 2.75) is 55.9 Å². The molecule has 2 aromatic rings. The van der Waals surface area contributed by atoms with Crippen molar-refractivity contribution in [3.05, 3.63) is 54.1 Å². The Labute approximate surface area is 232 Å². The third-order valence-electron chi connectivity index (χ3n) is 6.46. The molecule has 0 radical (unpaired) electrons. The molecule has 1 heterocycles. The topological polar surface area (TPSA) is 130 Å². The maximum absolute atomic E-state index is 14.2. The van der Waals surface area contributed by atoms with Crippen molar-refractivity contribution in [1.29, 1.82) is 0 Å². The summed E-state index contributed by atoms with van der Waals surface area (Å²) in [5.41, 5.74) is 1.03. The molecule has 0 aromatic heterocycles. The first-order chi connectivity index (χ1) is 18.4. The van der Waals surface area contributed by atoms with Gasteiger partial charge in [0, 0.05) is 12.8 Å². The van der Waals surface area contributed by atoms with Crippen LogP contribution in [0, 0.1) is 5.92 Å². The molecule has 220 valence electrons. The minimum absolute atomic E-state index is 0.0152. The molecule has 1 fully saturated rings. The van der Waals surface area contributed by atoms with E-state index >= 15 is 0 Å². The van der Waals surface area contributed by atoms with Crippen molar-refractivity contribution in [3.63, 3.8) is 0 Å². The molecule has 1 aliphatic heterocycles. The predicted molar refractivity (Wildman–Crippen MR) is 143 cm³/mol. The van der Waals surface area contributed by atoms with Gasteiger partial charge in [0.25, 0.3) is 5.91 Å². The Kier molecular flexibility index (Phi) is 9.36. The second-order valence-corrected chi connectivity index (χ2v) is 14.2. The first-order valence-electron chi connectivity index (χ1n) is 12.4. The number of rotatable bonds is 10. The summed E-state index contributed by atoms with van der Waals surface area (Å²) in [5.74, 6) is -1.84. The summed E-state index contributed by atoms with van der Waals surface area (Å²) in [6, 6.07) is 6.75. The van der Waals surface area contributed by atoms with Crippen molar-refractivity contribution in [1.82, 2.24) is 14.9 Å². The Morgan fingerprint density at radius 2 is 1.50 bits per heavy atom. The zero-order valence-electron chi connectivity index (χ0n) is 22.4. The molecule has 14 heteroatoms. The molecule has 0 saturated carbocycles. The number of sulfone groups is 1. The van der Waals surface area contributed by atoms with Gasteiger partial charge in [-0.05, 0) is 47.6 Å². The van der Waals surface area contributed by atoms with Crippen LogP contribution in [0.25, 0.3) is 11.1 Å². The average Bonchev–Trinajstić information content (AvgIpc) is 3.20. The molecule has 0 spiro atoms. The normalized spacial score (nSPS) is 18.1. The average molecular weight is 604 g/mol. The van der Waals surface area contributed by atoms with Gasteiger partial charge in [0.1, 0.15) is 12.1 Å². The number of alkyl halides is 3. The summed E-state index contributed by atoms with van der Waals surface area (Å²) < 4.78 is 90.2. The van der Waals surface area contributed by atoms with Crippen LogP contribution in [0.4, 0.5) is 13.2 Å². The third kappa shape index (κ3) is 7.82. The van der Waals surface area contributed by atoms with Gasteiger partial charge in [0.05, 0.1) is 17.2 Å². The lowest BCUT2D eigenvalue weighted by Gasteiger charge is -2.29. The van der Waals surface area contributed by atoms with Crippen LogP contribution in [-0.2, 0) is 29.4 Å². The van der Waals surface area contributed by atoms with E-state index in [9.17, 15) is 39.6 Å². The lowest BCUT2D eigenvalue weighted by atomic mass is 9.97. The molecule has 1 saturated heterocycles. The molecule has 40 heavy (non-hydrogen) atoms. The van der Waals surface area contributed by atoms with Crippen molar-refractivity contribution >= 4 is 31.7 Å². The number of hydrogen-bond donors (Lipinski definition) is 2. The Morgan fingerprint density at radius 1 is 0.975 bits per heavy atom. The Balaban J connectivity index is 1.82. The van der Waals surface area contributed by atoms with E-state index < -0.39 is 56.0 Å². The summed E-state index contributed by atoms with van der Waals surface area (Å²) >= 11 is 0. The number of nitrogens with zero attached hydrogens (tertiary/aromatic N) is 1. The minimum Gasteiger partial charge on any atom is -0.343 e. The second-order valence-electron chi connectivity index (χ2n) is 10.3. The van der Waals surface area contributed by atoms with E-state index in [4.69, 9.17) is 0 Å². The smallest absolute Gasteiger partial charge is 0.343 e. The first-order valence-corrected chi connectivity index (χ1v) is 16.2. The molecule has 0 aliphatic carbocycles. The molecule has 2 aromatic carbocycles. The van der Waals surface area contributed by atoms with E-state index in [2.05, 4.69) is 10.6 Å². The maximum Gasteiger partial charge on any atom is 0.407 e. The monoisotopic (exact) mass is 603 g/mol. The maximum atomic E-state index is 14.2. The van der Waals surface area contributed by atoms with Crippen LogP contribution in [-0.4, -0.2) is 70.3 Å². The molecule has 2 amide bonds. The number of halogens is 3. The summed E-state index contributed by atoms with van der Waals surface area (Å²) in [5, 5.41) is 4.83. The van der Waals surface area contributed by atoms with Gasteiger partial charge in [0.2, 0.25) is 15.9 Å². The quantitative estimate of drug-likeness (QED) is 0.427. The van der Waals surface area contributed by atoms with Crippen molar-refractivity contribution < 1.29 is 39.6 Å². The zero-order valence-corrected chi connectivity index (χ0v) is 24.0. The number of hydrogen-bond acceptors (Lipinski definition) is 7. The fourth-order valence-electron chi connectivity index (χ4n) is 4.45. The number of benzene rings is 2. The Hall–Kier alpha value is -2.97. The summed E-state index contributed by atoms with van der Waals surface area (Å²) in [6.45, 7) is 3.35. The van der Waals surface area contributed by atoms with E-state index in [1.165, 1.54) is 36.4 Å². The van der Waals surface area contributed by atoms with Crippen LogP contribution in [0.15, 0.2) is 53.4 Å². The molecular formula is C26H32F3N3O6S2. The predicted octanol–water partition coefficient (Wildman–Crippen LogP) is 3.04. The van der Waals surface area contributed by atoms with Crippen LogP contribution in [0.3, 0.4) is 0 Å².